The summed E-state index contributed by atoms with van der Waals surface area (Å²) in [6, 6.07) is 1.88. The predicted molar refractivity (Wildman–Crippen MR) is 140 cm³/mol. The third-order valence-electron chi connectivity index (χ3n) is 11.8. The number of furan rings is 1. The van der Waals surface area contributed by atoms with Crippen LogP contribution in [-0.2, 0) is 42.8 Å². The van der Waals surface area contributed by atoms with Crippen LogP contribution in [0, 0.1) is 34.0 Å². The fourth-order valence-electron chi connectivity index (χ4n) is 10.3. The maximum absolute atomic E-state index is 12.6. The van der Waals surface area contributed by atoms with Crippen molar-refractivity contribution < 1.29 is 47.2 Å². The van der Waals surface area contributed by atoms with Crippen molar-refractivity contribution in [2.24, 2.45) is 34.0 Å². The van der Waals surface area contributed by atoms with Gasteiger partial charge in [-0.2, -0.15) is 0 Å². The number of carbonyl (C=O) groups excluding carboxylic acids is 3. The van der Waals surface area contributed by atoms with Crippen LogP contribution in [0.4, 0.5) is 0 Å². The van der Waals surface area contributed by atoms with Crippen molar-refractivity contribution in [3.8, 4) is 0 Å². The summed E-state index contributed by atoms with van der Waals surface area (Å²) >= 11 is 0. The van der Waals surface area contributed by atoms with Gasteiger partial charge in [0.2, 0.25) is 6.29 Å². The molecule has 41 heavy (non-hydrogen) atoms. The van der Waals surface area contributed by atoms with Gasteiger partial charge in [-0.25, -0.2) is 0 Å². The Morgan fingerprint density at radius 2 is 1.63 bits per heavy atom. The second kappa shape index (κ2) is 8.57. The topological polar surface area (TPSA) is 126 Å². The molecule has 3 aliphatic heterocycles. The maximum Gasteiger partial charge on any atom is 0.305 e. The van der Waals surface area contributed by atoms with Crippen LogP contribution < -0.4 is 0 Å². The predicted octanol–water partition coefficient (Wildman–Crippen LogP) is 4.11. The van der Waals surface area contributed by atoms with E-state index in [0.29, 0.717) is 6.42 Å². The van der Waals surface area contributed by atoms with E-state index in [4.69, 9.17) is 32.8 Å². The van der Waals surface area contributed by atoms with Crippen LogP contribution in [-0.4, -0.2) is 60.3 Å². The monoisotopic (exact) mass is 572 g/mol. The Balaban J connectivity index is 1.35. The molecular weight excluding hydrogens is 532 g/mol. The average Bonchev–Trinajstić information content (AvgIpc) is 3.77. The summed E-state index contributed by atoms with van der Waals surface area (Å²) < 4.78 is 42.9. The van der Waals surface area contributed by atoms with E-state index in [0.717, 1.165) is 18.4 Å². The molecule has 1 spiro atoms. The van der Waals surface area contributed by atoms with Crippen LogP contribution in [0.1, 0.15) is 79.4 Å². The minimum Gasteiger partial charge on any atom is -0.472 e. The molecule has 10 heteroatoms. The Bertz CT molecular complexity index is 1270. The molecule has 3 aliphatic carbocycles. The molecule has 4 heterocycles. The highest BCUT2D eigenvalue weighted by Crippen LogP contribution is 2.78. The first-order valence-corrected chi connectivity index (χ1v) is 14.8. The lowest BCUT2D eigenvalue weighted by Gasteiger charge is -2.65. The average molecular weight is 573 g/mol. The van der Waals surface area contributed by atoms with E-state index in [1.54, 1.807) is 12.5 Å². The number of epoxide rings is 2. The summed E-state index contributed by atoms with van der Waals surface area (Å²) in [5.41, 5.74) is -1.10. The normalized spacial score (nSPS) is 50.0. The molecule has 0 bridgehead atoms. The first-order chi connectivity index (χ1) is 19.3. The van der Waals surface area contributed by atoms with Gasteiger partial charge in [-0.05, 0) is 37.2 Å². The molecule has 1 aromatic rings. The molecule has 7 unspecified atom stereocenters. The highest BCUT2D eigenvalue weighted by atomic mass is 16.8. The summed E-state index contributed by atoms with van der Waals surface area (Å²) in [7, 11) is 0. The molecule has 0 aromatic carbocycles. The fourth-order valence-corrected chi connectivity index (χ4v) is 10.3. The zero-order valence-corrected chi connectivity index (χ0v) is 24.7. The molecule has 6 fully saturated rings. The third kappa shape index (κ3) is 3.50. The number of fused-ring (bicyclic) bond motifs is 5. The second-order valence-corrected chi connectivity index (χ2v) is 14.1. The lowest BCUT2D eigenvalue weighted by Crippen LogP contribution is -2.70. The summed E-state index contributed by atoms with van der Waals surface area (Å²) in [5.74, 6) is -1.17. The van der Waals surface area contributed by atoms with Gasteiger partial charge in [0, 0.05) is 48.5 Å². The maximum atomic E-state index is 12.6. The lowest BCUT2D eigenvalue weighted by atomic mass is 9.39. The number of carbonyl (C=O) groups is 3. The van der Waals surface area contributed by atoms with Crippen LogP contribution in [0.25, 0.3) is 0 Å². The van der Waals surface area contributed by atoms with Crippen LogP contribution >= 0.6 is 0 Å². The number of hydrogen-bond donors (Lipinski definition) is 0. The van der Waals surface area contributed by atoms with Crippen molar-refractivity contribution in [2.45, 2.75) is 116 Å². The van der Waals surface area contributed by atoms with Gasteiger partial charge in [-0.15, -0.1) is 0 Å². The van der Waals surface area contributed by atoms with Crippen molar-refractivity contribution in [3.05, 3.63) is 24.2 Å². The summed E-state index contributed by atoms with van der Waals surface area (Å²) in [5, 5.41) is 0. The van der Waals surface area contributed by atoms with E-state index in [1.807, 2.05) is 6.07 Å². The summed E-state index contributed by atoms with van der Waals surface area (Å²) in [6.07, 6.45) is 2.57. The number of esters is 3. The zero-order chi connectivity index (χ0) is 29.3. The standard InChI is InChI=1S/C31H40O10/c1-14(32)36-19-12-20-28(4,5)24(37-15(2)33)22-25(39-22)30(20,7)18-8-10-29(6)23(17-9-11-35-13-17)40-27(38-16(3)34)26-31(29,41-26)21(18)19/h9,11,13,18-27H,8,10,12H2,1-7H3/t18-,19+,20-,21?,22?,23-,24-,25?,26?,27?,29-,30?,31?/m0/s1. The van der Waals surface area contributed by atoms with E-state index in [1.165, 1.54) is 20.8 Å². The molecule has 13 atom stereocenters. The molecule has 0 N–H and O–H groups in total. The Morgan fingerprint density at radius 3 is 2.27 bits per heavy atom. The number of rotatable bonds is 4. The lowest BCUT2D eigenvalue weighted by molar-refractivity contribution is -0.265. The van der Waals surface area contributed by atoms with E-state index in [9.17, 15) is 14.4 Å². The SMILES string of the molecule is CC(=O)OC1O[C@@H](c2ccoc2)[C@]2(C)CC[C@H]3C([C@H](OC(C)=O)C[C@H]4C(C)(C)[C@@H](OC(C)=O)C5OC5C34C)C23OC13. The largest absolute Gasteiger partial charge is 0.472 e. The highest BCUT2D eigenvalue weighted by molar-refractivity contribution is 5.67. The molecule has 10 nitrogen and oxygen atoms in total. The van der Waals surface area contributed by atoms with E-state index >= 15 is 0 Å². The fraction of sp³-hybridized carbons (Fsp3) is 0.774. The second-order valence-electron chi connectivity index (χ2n) is 14.1. The van der Waals surface area contributed by atoms with Gasteiger partial charge in [0.25, 0.3) is 0 Å². The first-order valence-electron chi connectivity index (χ1n) is 14.8. The molecule has 3 saturated carbocycles. The Kier molecular flexibility index (Phi) is 5.73. The molecule has 3 saturated heterocycles. The van der Waals surface area contributed by atoms with Crippen LogP contribution in [0.5, 0.6) is 0 Å². The van der Waals surface area contributed by atoms with Crippen molar-refractivity contribution >= 4 is 17.9 Å². The van der Waals surface area contributed by atoms with Gasteiger partial charge in [0.05, 0.1) is 24.7 Å². The van der Waals surface area contributed by atoms with E-state index in [2.05, 4.69) is 27.7 Å². The van der Waals surface area contributed by atoms with Crippen molar-refractivity contribution in [2.75, 3.05) is 0 Å². The van der Waals surface area contributed by atoms with Gasteiger partial charge in [0.1, 0.15) is 23.9 Å². The molecule has 0 radical (unpaired) electrons. The minimum absolute atomic E-state index is 0.0560. The van der Waals surface area contributed by atoms with E-state index in [-0.39, 0.29) is 53.4 Å². The van der Waals surface area contributed by atoms with Gasteiger partial charge in [-0.1, -0.05) is 27.7 Å². The summed E-state index contributed by atoms with van der Waals surface area (Å²) in [6.45, 7) is 13.0. The van der Waals surface area contributed by atoms with Crippen molar-refractivity contribution in [1.82, 2.24) is 0 Å². The number of ether oxygens (including phenoxy) is 6. The third-order valence-corrected chi connectivity index (χ3v) is 11.8. The Morgan fingerprint density at radius 1 is 0.927 bits per heavy atom. The van der Waals surface area contributed by atoms with Gasteiger partial charge in [0.15, 0.2) is 6.10 Å². The van der Waals surface area contributed by atoms with Crippen LogP contribution in [0.3, 0.4) is 0 Å². The van der Waals surface area contributed by atoms with Crippen LogP contribution in [0.2, 0.25) is 0 Å². The molecule has 224 valence electrons. The Labute approximate surface area is 239 Å². The minimum atomic E-state index is -0.899. The quantitative estimate of drug-likeness (QED) is 0.296. The molecule has 6 aliphatic rings. The Hall–Kier alpha value is -2.43. The summed E-state index contributed by atoms with van der Waals surface area (Å²) in [4.78, 5) is 36.9. The highest BCUT2D eigenvalue weighted by Gasteiger charge is 2.86. The van der Waals surface area contributed by atoms with Crippen LogP contribution in [0.15, 0.2) is 23.0 Å². The first kappa shape index (κ1) is 27.4. The molecule has 0 amide bonds. The van der Waals surface area contributed by atoms with Crippen molar-refractivity contribution in [3.63, 3.8) is 0 Å². The molecular formula is C31H40O10. The molecule has 7 rings (SSSR count). The zero-order valence-electron chi connectivity index (χ0n) is 24.7. The van der Waals surface area contributed by atoms with Gasteiger partial charge >= 0.3 is 17.9 Å². The number of hydrogen-bond acceptors (Lipinski definition) is 10. The van der Waals surface area contributed by atoms with Gasteiger partial charge in [-0.3, -0.25) is 14.4 Å². The van der Waals surface area contributed by atoms with Crippen molar-refractivity contribution in [1.29, 1.82) is 0 Å². The van der Waals surface area contributed by atoms with Gasteiger partial charge < -0.3 is 32.8 Å². The van der Waals surface area contributed by atoms with E-state index < -0.39 is 47.0 Å². The smallest absolute Gasteiger partial charge is 0.305 e. The molecule has 1 aromatic heterocycles.